The van der Waals surface area contributed by atoms with E-state index < -0.39 is 0 Å². The molecule has 26 heavy (non-hydrogen) atoms. The summed E-state index contributed by atoms with van der Waals surface area (Å²) in [6.07, 6.45) is 0. The Morgan fingerprint density at radius 1 is 1.08 bits per heavy atom. The predicted molar refractivity (Wildman–Crippen MR) is 99.7 cm³/mol. The normalized spacial score (nSPS) is 15.3. The Hall–Kier alpha value is -2.31. The predicted octanol–water partition coefficient (Wildman–Crippen LogP) is -1.47. The molecule has 4 rings (SSSR count). The zero-order valence-corrected chi connectivity index (χ0v) is 16.0. The van der Waals surface area contributed by atoms with Gasteiger partial charge in [-0.25, -0.2) is 0 Å². The highest BCUT2D eigenvalue weighted by Gasteiger charge is 2.23. The maximum atomic E-state index is 12.6. The van der Waals surface area contributed by atoms with Crippen LogP contribution in [0.1, 0.15) is 0 Å². The highest BCUT2D eigenvalue weighted by atomic mass is 35.5. The average molecular weight is 375 g/mol. The summed E-state index contributed by atoms with van der Waals surface area (Å²) in [6, 6.07) is 9.61. The number of fused-ring (bicyclic) bond motifs is 2. The summed E-state index contributed by atoms with van der Waals surface area (Å²) in [4.78, 5) is 22.4. The van der Waals surface area contributed by atoms with Crippen molar-refractivity contribution in [1.82, 2.24) is 4.90 Å². The molecule has 1 fully saturated rings. The standard InChI is InChI=1S/C19H22N4O2.ClH/c1-21(2)13-4-5-15-17(11-13)25-18-12-14(10-16(24)19(18)20-15)23-8-6-22(3)7-9-23;/h4-5,10-12H,6-9H2,1-3H3;1H. The lowest BCUT2D eigenvalue weighted by atomic mass is 10.1. The van der Waals surface area contributed by atoms with E-state index in [9.17, 15) is 4.79 Å². The van der Waals surface area contributed by atoms with Crippen LogP contribution in [0.2, 0.25) is 0 Å². The summed E-state index contributed by atoms with van der Waals surface area (Å²) in [5, 5.41) is 0. The summed E-state index contributed by atoms with van der Waals surface area (Å²) in [7, 11) is 6.11. The molecule has 0 saturated carbocycles. The van der Waals surface area contributed by atoms with Crippen LogP contribution >= 0.6 is 0 Å². The van der Waals surface area contributed by atoms with Gasteiger partial charge in [0, 0.05) is 75.9 Å². The summed E-state index contributed by atoms with van der Waals surface area (Å²) >= 11 is 0. The second kappa shape index (κ2) is 7.13. The Morgan fingerprint density at radius 2 is 1.81 bits per heavy atom. The number of nitrogens with zero attached hydrogens (tertiary/aromatic N) is 3. The first kappa shape index (κ1) is 18.5. The Labute approximate surface area is 158 Å². The number of halogens is 1. The van der Waals surface area contributed by atoms with Crippen molar-refractivity contribution in [2.24, 2.45) is 0 Å². The molecule has 138 valence electrons. The number of H-pyrrole nitrogens is 1. The fourth-order valence-corrected chi connectivity index (χ4v) is 3.26. The third kappa shape index (κ3) is 3.34. The summed E-state index contributed by atoms with van der Waals surface area (Å²) in [5.41, 5.74) is 4.04. The molecular formula is C19H23ClN4O2. The van der Waals surface area contributed by atoms with E-state index in [1.165, 1.54) is 0 Å². The lowest BCUT2D eigenvalue weighted by Gasteiger charge is -2.33. The second-order valence-corrected chi connectivity index (χ2v) is 6.91. The van der Waals surface area contributed by atoms with Crippen LogP contribution in [0.5, 0.6) is 0 Å². The number of hydrogen-bond acceptors (Lipinski definition) is 5. The molecule has 0 bridgehead atoms. The minimum absolute atomic E-state index is 0. The van der Waals surface area contributed by atoms with E-state index >= 15 is 0 Å². The smallest absolute Gasteiger partial charge is 0.295 e. The van der Waals surface area contributed by atoms with Crippen LogP contribution < -0.4 is 32.6 Å². The third-order valence-corrected chi connectivity index (χ3v) is 4.88. The van der Waals surface area contributed by atoms with Gasteiger partial charge < -0.3 is 31.5 Å². The van der Waals surface area contributed by atoms with E-state index in [1.54, 1.807) is 6.07 Å². The highest BCUT2D eigenvalue weighted by molar-refractivity contribution is 5.76. The molecule has 1 N–H and O–H groups in total. The number of benzene rings is 2. The number of anilines is 2. The minimum atomic E-state index is -0.0336. The first-order chi connectivity index (χ1) is 12.0. The topological polar surface area (TPSA) is 54.1 Å². The molecule has 0 atom stereocenters. The number of aromatic amines is 1. The van der Waals surface area contributed by atoms with E-state index in [-0.39, 0.29) is 17.8 Å². The number of rotatable bonds is 2. The van der Waals surface area contributed by atoms with Gasteiger partial charge in [0.2, 0.25) is 16.9 Å². The van der Waals surface area contributed by atoms with Crippen molar-refractivity contribution in [2.75, 3.05) is 57.1 Å². The molecule has 1 saturated heterocycles. The number of hydrogen-bond donors (Lipinski definition) is 0. The molecular weight excluding hydrogens is 352 g/mol. The molecule has 6 nitrogen and oxygen atoms in total. The summed E-state index contributed by atoms with van der Waals surface area (Å²) in [6.45, 7) is 3.84. The Bertz CT molecular complexity index is 948. The summed E-state index contributed by atoms with van der Waals surface area (Å²) < 4.78 is 6.08. The average Bonchev–Trinajstić information content (AvgIpc) is 2.60. The highest BCUT2D eigenvalue weighted by Crippen LogP contribution is 2.26. The molecule has 0 unspecified atom stereocenters. The van der Waals surface area contributed by atoms with Crippen molar-refractivity contribution >= 4 is 22.5 Å². The monoisotopic (exact) mass is 374 g/mol. The van der Waals surface area contributed by atoms with E-state index in [0.29, 0.717) is 11.5 Å². The maximum absolute atomic E-state index is 12.6. The molecule has 2 heterocycles. The van der Waals surface area contributed by atoms with Gasteiger partial charge in [0.15, 0.2) is 0 Å². The van der Waals surface area contributed by atoms with Gasteiger partial charge in [-0.05, 0) is 13.1 Å². The van der Waals surface area contributed by atoms with Gasteiger partial charge >= 0.3 is 0 Å². The molecule has 1 aromatic carbocycles. The van der Waals surface area contributed by atoms with Crippen LogP contribution in [-0.2, 0) is 0 Å². The number of aromatic nitrogens is 1. The Kier molecular flexibility index (Phi) is 5.07. The van der Waals surface area contributed by atoms with E-state index in [4.69, 9.17) is 4.42 Å². The van der Waals surface area contributed by atoms with Crippen LogP contribution in [-0.4, -0.2) is 52.2 Å². The van der Waals surface area contributed by atoms with Crippen molar-refractivity contribution in [3.05, 3.63) is 40.6 Å². The minimum Gasteiger partial charge on any atom is -1.00 e. The molecule has 0 radical (unpaired) electrons. The van der Waals surface area contributed by atoms with Crippen molar-refractivity contribution in [2.45, 2.75) is 0 Å². The lowest BCUT2D eigenvalue weighted by Crippen LogP contribution is -3.00. The number of nitrogens with one attached hydrogen (secondary N) is 1. The third-order valence-electron chi connectivity index (χ3n) is 4.88. The van der Waals surface area contributed by atoms with Gasteiger partial charge in [-0.1, -0.05) is 0 Å². The molecule has 2 aliphatic heterocycles. The Morgan fingerprint density at radius 3 is 2.50 bits per heavy atom. The van der Waals surface area contributed by atoms with Crippen LogP contribution in [0.3, 0.4) is 0 Å². The van der Waals surface area contributed by atoms with Gasteiger partial charge in [0.1, 0.15) is 0 Å². The first-order valence-electron chi connectivity index (χ1n) is 8.56. The van der Waals surface area contributed by atoms with Gasteiger partial charge in [-0.15, -0.1) is 0 Å². The maximum Gasteiger partial charge on any atom is 0.295 e. The quantitative estimate of drug-likeness (QED) is 0.513. The van der Waals surface area contributed by atoms with E-state index in [1.807, 2.05) is 43.3 Å². The van der Waals surface area contributed by atoms with Gasteiger partial charge in [0.25, 0.3) is 11.1 Å². The van der Waals surface area contributed by atoms with Crippen LogP contribution in [0.4, 0.5) is 11.4 Å². The van der Waals surface area contributed by atoms with Gasteiger partial charge in [-0.2, -0.15) is 4.98 Å². The molecule has 3 aliphatic rings. The fraction of sp³-hybridized carbons (Fsp3) is 0.368. The number of piperazine rings is 1. The molecule has 0 aromatic heterocycles. The zero-order chi connectivity index (χ0) is 17.6. The zero-order valence-electron chi connectivity index (χ0n) is 15.3. The molecule has 1 aliphatic carbocycles. The van der Waals surface area contributed by atoms with Gasteiger partial charge in [0.05, 0.1) is 0 Å². The summed E-state index contributed by atoms with van der Waals surface area (Å²) in [5.74, 6) is 0.602. The van der Waals surface area contributed by atoms with Crippen LogP contribution in [0.15, 0.2) is 39.5 Å². The molecule has 0 spiro atoms. The Balaban J connectivity index is 0.00000196. The van der Waals surface area contributed by atoms with Crippen LogP contribution in [0.25, 0.3) is 22.6 Å². The second-order valence-electron chi connectivity index (χ2n) is 6.91. The van der Waals surface area contributed by atoms with Gasteiger partial charge in [-0.3, -0.25) is 4.79 Å². The van der Waals surface area contributed by atoms with E-state index in [2.05, 4.69) is 21.8 Å². The molecule has 0 amide bonds. The number of likely N-dealkylation sites (N-methyl/N-ethyl adjacent to an activating group) is 1. The van der Waals surface area contributed by atoms with Crippen molar-refractivity contribution in [1.29, 1.82) is 0 Å². The van der Waals surface area contributed by atoms with Crippen molar-refractivity contribution in [3.63, 3.8) is 0 Å². The lowest BCUT2D eigenvalue weighted by molar-refractivity contribution is -0.335. The molecule has 1 aromatic rings. The molecule has 7 heteroatoms. The first-order valence-corrected chi connectivity index (χ1v) is 8.56. The largest absolute Gasteiger partial charge is 1.00 e. The van der Waals surface area contributed by atoms with Crippen molar-refractivity contribution < 1.29 is 21.8 Å². The fourth-order valence-electron chi connectivity index (χ4n) is 3.26. The van der Waals surface area contributed by atoms with Crippen LogP contribution in [0, 0.1) is 0 Å². The SMILES string of the molecule is CN1CCN(c2cc3oc4cc(N(C)C)ccc4[nH+]c-3c(=O)c2)CC1.[Cl-]. The van der Waals surface area contributed by atoms with E-state index in [0.717, 1.165) is 48.7 Å². The van der Waals surface area contributed by atoms with Crippen molar-refractivity contribution in [3.8, 4) is 11.5 Å².